The molecule has 1 aliphatic rings. The van der Waals surface area contributed by atoms with Crippen LogP contribution in [0.2, 0.25) is 0 Å². The zero-order valence-corrected chi connectivity index (χ0v) is 10.9. The third-order valence-corrected chi connectivity index (χ3v) is 4.00. The SMILES string of the molecule is CC1CN(C(=O)Cc2ccccc2)CCC1Cl. The normalized spacial score (nSPS) is 24.7. The maximum Gasteiger partial charge on any atom is 0.226 e. The lowest BCUT2D eigenvalue weighted by molar-refractivity contribution is -0.132. The average Bonchev–Trinajstić information content (AvgIpc) is 2.34. The topological polar surface area (TPSA) is 20.3 Å². The summed E-state index contributed by atoms with van der Waals surface area (Å²) in [5.41, 5.74) is 1.08. The number of carbonyl (C=O) groups excluding carboxylic acids is 1. The van der Waals surface area contributed by atoms with Gasteiger partial charge in [0.2, 0.25) is 5.91 Å². The molecule has 17 heavy (non-hydrogen) atoms. The molecule has 92 valence electrons. The predicted octanol–water partition coefficient (Wildman–Crippen LogP) is 2.70. The first-order valence-corrected chi connectivity index (χ1v) is 6.56. The number of rotatable bonds is 2. The molecule has 1 aromatic carbocycles. The number of hydrogen-bond acceptors (Lipinski definition) is 1. The van der Waals surface area contributed by atoms with E-state index in [2.05, 4.69) is 6.92 Å². The fourth-order valence-corrected chi connectivity index (χ4v) is 2.40. The number of hydrogen-bond donors (Lipinski definition) is 0. The summed E-state index contributed by atoms with van der Waals surface area (Å²) >= 11 is 6.16. The second-order valence-corrected chi connectivity index (χ2v) is 5.34. The maximum absolute atomic E-state index is 12.1. The third kappa shape index (κ3) is 3.22. The zero-order chi connectivity index (χ0) is 12.3. The number of alkyl halides is 1. The predicted molar refractivity (Wildman–Crippen MR) is 70.1 cm³/mol. The molecule has 2 rings (SSSR count). The van der Waals surface area contributed by atoms with E-state index in [0.717, 1.165) is 25.1 Å². The highest BCUT2D eigenvalue weighted by Gasteiger charge is 2.26. The molecule has 2 atom stereocenters. The molecule has 1 aromatic rings. The molecule has 1 fully saturated rings. The van der Waals surface area contributed by atoms with Crippen LogP contribution >= 0.6 is 11.6 Å². The van der Waals surface area contributed by atoms with Gasteiger partial charge in [0, 0.05) is 18.5 Å². The Balaban J connectivity index is 1.93. The second kappa shape index (κ2) is 5.54. The van der Waals surface area contributed by atoms with Crippen molar-refractivity contribution in [2.75, 3.05) is 13.1 Å². The number of nitrogens with zero attached hydrogens (tertiary/aromatic N) is 1. The highest BCUT2D eigenvalue weighted by Crippen LogP contribution is 2.22. The van der Waals surface area contributed by atoms with Crippen LogP contribution in [0.25, 0.3) is 0 Å². The average molecular weight is 252 g/mol. The van der Waals surface area contributed by atoms with Crippen molar-refractivity contribution in [2.24, 2.45) is 5.92 Å². The van der Waals surface area contributed by atoms with Crippen molar-refractivity contribution in [3.8, 4) is 0 Å². The number of carbonyl (C=O) groups is 1. The first-order chi connectivity index (χ1) is 8.16. The molecule has 0 radical (unpaired) electrons. The van der Waals surface area contributed by atoms with E-state index in [9.17, 15) is 4.79 Å². The van der Waals surface area contributed by atoms with Gasteiger partial charge in [0.25, 0.3) is 0 Å². The van der Waals surface area contributed by atoms with Crippen molar-refractivity contribution in [3.63, 3.8) is 0 Å². The van der Waals surface area contributed by atoms with Gasteiger partial charge in [0.05, 0.1) is 6.42 Å². The van der Waals surface area contributed by atoms with Gasteiger partial charge >= 0.3 is 0 Å². The van der Waals surface area contributed by atoms with Crippen molar-refractivity contribution in [1.82, 2.24) is 4.90 Å². The van der Waals surface area contributed by atoms with E-state index < -0.39 is 0 Å². The second-order valence-electron chi connectivity index (χ2n) is 4.78. The first-order valence-electron chi connectivity index (χ1n) is 6.12. The highest BCUT2D eigenvalue weighted by atomic mass is 35.5. The van der Waals surface area contributed by atoms with Crippen LogP contribution in [0.15, 0.2) is 30.3 Å². The molecule has 0 N–H and O–H groups in total. The Morgan fingerprint density at radius 2 is 2.12 bits per heavy atom. The van der Waals surface area contributed by atoms with Crippen LogP contribution in [0.1, 0.15) is 18.9 Å². The van der Waals surface area contributed by atoms with Gasteiger partial charge in [-0.25, -0.2) is 0 Å². The highest BCUT2D eigenvalue weighted by molar-refractivity contribution is 6.20. The van der Waals surface area contributed by atoms with Crippen LogP contribution in [-0.4, -0.2) is 29.3 Å². The number of halogens is 1. The van der Waals surface area contributed by atoms with E-state index in [1.165, 1.54) is 0 Å². The third-order valence-electron chi connectivity index (χ3n) is 3.35. The van der Waals surface area contributed by atoms with Gasteiger partial charge in [-0.1, -0.05) is 37.3 Å². The Hall–Kier alpha value is -1.02. The summed E-state index contributed by atoms with van der Waals surface area (Å²) in [5, 5.41) is 0.218. The molecule has 3 heteroatoms. The van der Waals surface area contributed by atoms with Crippen molar-refractivity contribution in [1.29, 1.82) is 0 Å². The van der Waals surface area contributed by atoms with Crippen LogP contribution in [0.3, 0.4) is 0 Å². The molecule has 2 nitrogen and oxygen atoms in total. The summed E-state index contributed by atoms with van der Waals surface area (Å²) in [4.78, 5) is 14.0. The van der Waals surface area contributed by atoms with Crippen molar-refractivity contribution >= 4 is 17.5 Å². The van der Waals surface area contributed by atoms with Crippen molar-refractivity contribution in [3.05, 3.63) is 35.9 Å². The van der Waals surface area contributed by atoms with Gasteiger partial charge in [-0.15, -0.1) is 11.6 Å². The van der Waals surface area contributed by atoms with Crippen LogP contribution in [0, 0.1) is 5.92 Å². The molecular weight excluding hydrogens is 234 g/mol. The van der Waals surface area contributed by atoms with E-state index in [1.54, 1.807) is 0 Å². The summed E-state index contributed by atoms with van der Waals surface area (Å²) in [6.07, 6.45) is 1.41. The minimum atomic E-state index is 0.214. The van der Waals surface area contributed by atoms with Gasteiger partial charge < -0.3 is 4.90 Å². The Morgan fingerprint density at radius 3 is 2.76 bits per heavy atom. The minimum absolute atomic E-state index is 0.214. The summed E-state index contributed by atoms with van der Waals surface area (Å²) in [6, 6.07) is 9.90. The van der Waals surface area contributed by atoms with Crippen molar-refractivity contribution < 1.29 is 4.79 Å². The lowest BCUT2D eigenvalue weighted by Crippen LogP contribution is -2.44. The maximum atomic E-state index is 12.1. The number of likely N-dealkylation sites (tertiary alicyclic amines) is 1. The molecule has 1 heterocycles. The number of piperidine rings is 1. The number of benzene rings is 1. The van der Waals surface area contributed by atoms with Gasteiger partial charge in [-0.2, -0.15) is 0 Å². The minimum Gasteiger partial charge on any atom is -0.342 e. The summed E-state index contributed by atoms with van der Waals surface area (Å²) in [7, 11) is 0. The van der Waals surface area contributed by atoms with E-state index in [4.69, 9.17) is 11.6 Å². The molecule has 0 aliphatic carbocycles. The summed E-state index contributed by atoms with van der Waals surface area (Å²) < 4.78 is 0. The Morgan fingerprint density at radius 1 is 1.41 bits per heavy atom. The van der Waals surface area contributed by atoms with Gasteiger partial charge in [0.1, 0.15) is 0 Å². The van der Waals surface area contributed by atoms with Crippen LogP contribution < -0.4 is 0 Å². The summed E-state index contributed by atoms with van der Waals surface area (Å²) in [6.45, 7) is 3.70. The molecule has 1 amide bonds. The quantitative estimate of drug-likeness (QED) is 0.740. The Kier molecular flexibility index (Phi) is 4.06. The molecular formula is C14H18ClNO. The molecule has 0 saturated carbocycles. The van der Waals surface area contributed by atoms with Gasteiger partial charge in [-0.3, -0.25) is 4.79 Å². The lowest BCUT2D eigenvalue weighted by Gasteiger charge is -2.34. The molecule has 0 aromatic heterocycles. The van der Waals surface area contributed by atoms with Crippen LogP contribution in [-0.2, 0) is 11.2 Å². The van der Waals surface area contributed by atoms with E-state index in [1.807, 2.05) is 35.2 Å². The fourth-order valence-electron chi connectivity index (χ4n) is 2.23. The molecule has 0 bridgehead atoms. The molecule has 0 spiro atoms. The van der Waals surface area contributed by atoms with E-state index in [-0.39, 0.29) is 11.3 Å². The first kappa shape index (κ1) is 12.4. The van der Waals surface area contributed by atoms with Crippen molar-refractivity contribution in [2.45, 2.75) is 25.1 Å². The monoisotopic (exact) mass is 251 g/mol. The molecule has 1 aliphatic heterocycles. The van der Waals surface area contributed by atoms with E-state index >= 15 is 0 Å². The van der Waals surface area contributed by atoms with E-state index in [0.29, 0.717) is 12.3 Å². The lowest BCUT2D eigenvalue weighted by atomic mass is 9.99. The van der Waals surface area contributed by atoms with Crippen LogP contribution in [0.5, 0.6) is 0 Å². The Bertz CT molecular complexity index is 379. The molecule has 2 unspecified atom stereocenters. The fraction of sp³-hybridized carbons (Fsp3) is 0.500. The smallest absolute Gasteiger partial charge is 0.226 e. The Labute approximate surface area is 108 Å². The van der Waals surface area contributed by atoms with Gasteiger partial charge in [0.15, 0.2) is 0 Å². The standard InChI is InChI=1S/C14H18ClNO/c1-11-10-16(8-7-13(11)15)14(17)9-12-5-3-2-4-6-12/h2-6,11,13H,7-10H2,1H3. The summed E-state index contributed by atoms with van der Waals surface area (Å²) in [5.74, 6) is 0.608. The number of amides is 1. The largest absolute Gasteiger partial charge is 0.342 e. The van der Waals surface area contributed by atoms with Crippen LogP contribution in [0.4, 0.5) is 0 Å². The molecule has 1 saturated heterocycles. The van der Waals surface area contributed by atoms with Gasteiger partial charge in [-0.05, 0) is 17.9 Å². The zero-order valence-electron chi connectivity index (χ0n) is 10.1.